The maximum Gasteiger partial charge on any atom is 0.270 e. The van der Waals surface area contributed by atoms with Gasteiger partial charge in [-0.15, -0.1) is 24.8 Å². The summed E-state index contributed by atoms with van der Waals surface area (Å²) in [4.78, 5) is 16.3. The Labute approximate surface area is 133 Å². The zero-order valence-electron chi connectivity index (χ0n) is 12.5. The molecular weight excluding hydrogens is 297 g/mol. The molecule has 0 fully saturated rings. The number of halogens is 2. The summed E-state index contributed by atoms with van der Waals surface area (Å²) in [6, 6.07) is 3.70. The molecule has 0 saturated heterocycles. The Hall–Kier alpha value is -0.840. The fourth-order valence-electron chi connectivity index (χ4n) is 2.14. The van der Waals surface area contributed by atoms with Crippen LogP contribution in [0, 0.1) is 12.8 Å². The molecule has 1 aromatic heterocycles. The van der Waals surface area contributed by atoms with Gasteiger partial charge in [0.05, 0.1) is 5.54 Å². The van der Waals surface area contributed by atoms with Crippen molar-refractivity contribution in [3.05, 3.63) is 29.6 Å². The summed E-state index contributed by atoms with van der Waals surface area (Å²) in [7, 11) is 0. The Morgan fingerprint density at radius 3 is 2.50 bits per heavy atom. The lowest BCUT2D eigenvalue weighted by Gasteiger charge is -2.31. The van der Waals surface area contributed by atoms with Crippen LogP contribution in [-0.4, -0.2) is 23.0 Å². The van der Waals surface area contributed by atoms with Crippen LogP contribution in [0.1, 0.15) is 43.2 Å². The average Bonchev–Trinajstić information content (AvgIpc) is 2.28. The minimum Gasteiger partial charge on any atom is -0.344 e. The molecule has 1 heterocycles. The zero-order valence-corrected chi connectivity index (χ0v) is 14.1. The average molecular weight is 322 g/mol. The molecule has 3 N–H and O–H groups in total. The maximum absolute atomic E-state index is 12.2. The van der Waals surface area contributed by atoms with Gasteiger partial charge in [0, 0.05) is 12.7 Å². The molecule has 0 spiro atoms. The Morgan fingerprint density at radius 1 is 1.45 bits per heavy atom. The molecular formula is C14H25Cl2N3O. The molecule has 6 heteroatoms. The fraction of sp³-hybridized carbons (Fsp3) is 0.571. The van der Waals surface area contributed by atoms with E-state index >= 15 is 0 Å². The second kappa shape index (κ2) is 9.16. The zero-order chi connectivity index (χ0) is 13.8. The SMILES string of the molecule is Cc1cccnc1C(=O)NC(C)(CN)CC(C)C.Cl.Cl. The molecule has 0 aliphatic carbocycles. The standard InChI is InChI=1S/C14H23N3O.2ClH/c1-10(2)8-14(4,9-15)17-13(18)12-11(3)6-5-7-16-12;;/h5-7,10H,8-9,15H2,1-4H3,(H,17,18);2*1H. The number of nitrogens with one attached hydrogen (secondary N) is 1. The fourth-order valence-corrected chi connectivity index (χ4v) is 2.14. The highest BCUT2D eigenvalue weighted by molar-refractivity contribution is 5.94. The van der Waals surface area contributed by atoms with Crippen molar-refractivity contribution < 1.29 is 4.79 Å². The second-order valence-corrected chi connectivity index (χ2v) is 5.49. The van der Waals surface area contributed by atoms with E-state index in [4.69, 9.17) is 5.73 Å². The molecule has 0 saturated carbocycles. The van der Waals surface area contributed by atoms with Gasteiger partial charge in [-0.3, -0.25) is 9.78 Å². The van der Waals surface area contributed by atoms with Gasteiger partial charge in [0.15, 0.2) is 0 Å². The largest absolute Gasteiger partial charge is 0.344 e. The Bertz CT molecular complexity index is 427. The molecule has 116 valence electrons. The van der Waals surface area contributed by atoms with Gasteiger partial charge in [-0.05, 0) is 37.8 Å². The van der Waals surface area contributed by atoms with Gasteiger partial charge in [-0.25, -0.2) is 0 Å². The van der Waals surface area contributed by atoms with E-state index in [2.05, 4.69) is 24.1 Å². The third-order valence-corrected chi connectivity index (χ3v) is 2.95. The second-order valence-electron chi connectivity index (χ2n) is 5.49. The van der Waals surface area contributed by atoms with Gasteiger partial charge in [0.1, 0.15) is 5.69 Å². The van der Waals surface area contributed by atoms with Crippen molar-refractivity contribution in [1.29, 1.82) is 0 Å². The summed E-state index contributed by atoms with van der Waals surface area (Å²) in [5.74, 6) is 0.324. The molecule has 1 amide bonds. The molecule has 0 aliphatic rings. The maximum atomic E-state index is 12.2. The number of aryl methyl sites for hydroxylation is 1. The molecule has 0 radical (unpaired) electrons. The van der Waals surface area contributed by atoms with E-state index in [0.717, 1.165) is 12.0 Å². The molecule has 4 nitrogen and oxygen atoms in total. The number of carbonyl (C=O) groups excluding carboxylic acids is 1. The predicted molar refractivity (Wildman–Crippen MR) is 87.9 cm³/mol. The summed E-state index contributed by atoms with van der Waals surface area (Å²) in [5, 5.41) is 3.01. The first kappa shape index (κ1) is 21.5. The highest BCUT2D eigenvalue weighted by atomic mass is 35.5. The summed E-state index contributed by atoms with van der Waals surface area (Å²) in [6.07, 6.45) is 2.48. The molecule has 1 unspecified atom stereocenters. The van der Waals surface area contributed by atoms with Gasteiger partial charge >= 0.3 is 0 Å². The summed E-state index contributed by atoms with van der Waals surface area (Å²) in [5.41, 5.74) is 6.75. The van der Waals surface area contributed by atoms with E-state index < -0.39 is 0 Å². The number of amides is 1. The normalized spacial score (nSPS) is 12.9. The van der Waals surface area contributed by atoms with Crippen LogP contribution in [0.2, 0.25) is 0 Å². The van der Waals surface area contributed by atoms with Gasteiger partial charge in [0.25, 0.3) is 5.91 Å². The van der Waals surface area contributed by atoms with E-state index in [-0.39, 0.29) is 36.3 Å². The molecule has 0 aliphatic heterocycles. The minimum atomic E-state index is -0.380. The van der Waals surface area contributed by atoms with E-state index in [1.807, 2.05) is 26.0 Å². The van der Waals surface area contributed by atoms with Gasteiger partial charge in [-0.1, -0.05) is 19.9 Å². The molecule has 20 heavy (non-hydrogen) atoms. The van der Waals surface area contributed by atoms with Gasteiger partial charge in [0.2, 0.25) is 0 Å². The van der Waals surface area contributed by atoms with Crippen molar-refractivity contribution in [3.63, 3.8) is 0 Å². The van der Waals surface area contributed by atoms with Crippen LogP contribution in [0.4, 0.5) is 0 Å². The lowest BCUT2D eigenvalue weighted by atomic mass is 9.90. The molecule has 0 aromatic carbocycles. The number of hydrogen-bond donors (Lipinski definition) is 2. The van der Waals surface area contributed by atoms with Crippen molar-refractivity contribution >= 4 is 30.7 Å². The third-order valence-electron chi connectivity index (χ3n) is 2.95. The predicted octanol–water partition coefficient (Wildman–Crippen LogP) is 2.73. The van der Waals surface area contributed by atoms with Crippen molar-refractivity contribution in [2.45, 2.75) is 39.7 Å². The third kappa shape index (κ3) is 6.07. The van der Waals surface area contributed by atoms with Crippen LogP contribution < -0.4 is 11.1 Å². The topological polar surface area (TPSA) is 68.0 Å². The van der Waals surface area contributed by atoms with E-state index in [1.54, 1.807) is 6.20 Å². The number of rotatable bonds is 5. The summed E-state index contributed by atoms with van der Waals surface area (Å²) in [6.45, 7) is 8.51. The lowest BCUT2D eigenvalue weighted by molar-refractivity contribution is 0.0892. The smallest absolute Gasteiger partial charge is 0.270 e. The van der Waals surface area contributed by atoms with E-state index in [0.29, 0.717) is 18.2 Å². The van der Waals surface area contributed by atoms with Crippen LogP contribution in [0.3, 0.4) is 0 Å². The van der Waals surface area contributed by atoms with E-state index in [1.165, 1.54) is 0 Å². The lowest BCUT2D eigenvalue weighted by Crippen LogP contribution is -2.52. The quantitative estimate of drug-likeness (QED) is 0.876. The van der Waals surface area contributed by atoms with Gasteiger partial charge in [-0.2, -0.15) is 0 Å². The number of nitrogens with two attached hydrogens (primary N) is 1. The number of carbonyl (C=O) groups is 1. The number of nitrogens with zero attached hydrogens (tertiary/aromatic N) is 1. The van der Waals surface area contributed by atoms with Crippen LogP contribution in [-0.2, 0) is 0 Å². The Balaban J connectivity index is 0. The van der Waals surface area contributed by atoms with Gasteiger partial charge < -0.3 is 11.1 Å². The monoisotopic (exact) mass is 321 g/mol. The first-order valence-corrected chi connectivity index (χ1v) is 6.32. The molecule has 1 aromatic rings. The number of aromatic nitrogens is 1. The molecule has 1 rings (SSSR count). The van der Waals surface area contributed by atoms with Crippen LogP contribution >= 0.6 is 24.8 Å². The van der Waals surface area contributed by atoms with Crippen molar-refractivity contribution in [3.8, 4) is 0 Å². The minimum absolute atomic E-state index is 0. The van der Waals surface area contributed by atoms with Crippen LogP contribution in [0.25, 0.3) is 0 Å². The highest BCUT2D eigenvalue weighted by Crippen LogP contribution is 2.16. The Morgan fingerprint density at radius 2 is 2.05 bits per heavy atom. The van der Waals surface area contributed by atoms with E-state index in [9.17, 15) is 4.79 Å². The van der Waals surface area contributed by atoms with Crippen molar-refractivity contribution in [1.82, 2.24) is 10.3 Å². The number of pyridine rings is 1. The first-order valence-electron chi connectivity index (χ1n) is 6.32. The first-order chi connectivity index (χ1) is 8.38. The van der Waals surface area contributed by atoms with Crippen LogP contribution in [0.5, 0.6) is 0 Å². The molecule has 1 atom stereocenters. The number of hydrogen-bond acceptors (Lipinski definition) is 3. The highest BCUT2D eigenvalue weighted by Gasteiger charge is 2.27. The molecule has 0 bridgehead atoms. The van der Waals surface area contributed by atoms with Crippen LogP contribution in [0.15, 0.2) is 18.3 Å². The summed E-state index contributed by atoms with van der Waals surface area (Å²) >= 11 is 0. The summed E-state index contributed by atoms with van der Waals surface area (Å²) < 4.78 is 0. The van der Waals surface area contributed by atoms with Crippen molar-refractivity contribution in [2.24, 2.45) is 11.7 Å². The van der Waals surface area contributed by atoms with Crippen molar-refractivity contribution in [2.75, 3.05) is 6.54 Å². The Kier molecular flexibility index (Phi) is 9.83.